The minimum absolute atomic E-state index is 0.142. The Morgan fingerprint density at radius 1 is 1.12 bits per heavy atom. The molecule has 0 fully saturated rings. The van der Waals surface area contributed by atoms with E-state index in [2.05, 4.69) is 31.6 Å². The monoisotopic (exact) mass is 410 g/mol. The number of carbonyl (C=O) groups is 1. The molecule has 130 valence electrons. The smallest absolute Gasteiger partial charge is 0.267 e. The molecule has 3 rings (SSSR count). The van der Waals surface area contributed by atoms with Crippen molar-refractivity contribution < 1.29 is 4.79 Å². The number of halogens is 1. The highest BCUT2D eigenvalue weighted by Crippen LogP contribution is 2.13. The molecule has 0 unspecified atom stereocenters. The topological polar surface area (TPSA) is 76.3 Å². The molecular weight excluding hydrogens is 396 g/mol. The summed E-state index contributed by atoms with van der Waals surface area (Å²) >= 11 is 3.38. The normalized spacial score (nSPS) is 11.8. The third-order valence-corrected chi connectivity index (χ3v) is 4.06. The molecule has 1 heterocycles. The van der Waals surface area contributed by atoms with Crippen LogP contribution < -0.4 is 11.0 Å². The lowest BCUT2D eigenvalue weighted by Crippen LogP contribution is -2.27. The predicted octanol–water partition coefficient (Wildman–Crippen LogP) is 3.09. The van der Waals surface area contributed by atoms with Crippen molar-refractivity contribution in [3.8, 4) is 0 Å². The number of carbonyl (C=O) groups excluding carboxylic acids is 1. The van der Waals surface area contributed by atoms with E-state index < -0.39 is 5.91 Å². The van der Waals surface area contributed by atoms with Gasteiger partial charge >= 0.3 is 0 Å². The molecule has 6 nitrogen and oxygen atoms in total. The first-order valence-electron chi connectivity index (χ1n) is 7.78. The summed E-state index contributed by atoms with van der Waals surface area (Å²) in [6.45, 7) is 0. The number of amides is 1. The molecule has 26 heavy (non-hydrogen) atoms. The Morgan fingerprint density at radius 3 is 2.50 bits per heavy atom. The highest BCUT2D eigenvalue weighted by atomic mass is 79.9. The van der Waals surface area contributed by atoms with Crippen molar-refractivity contribution in [2.24, 2.45) is 12.1 Å². The second kappa shape index (κ2) is 7.88. The third-order valence-electron chi connectivity index (χ3n) is 3.63. The number of allylic oxidation sites excluding steroid dienone is 1. The van der Waals surface area contributed by atoms with Crippen LogP contribution in [0.5, 0.6) is 0 Å². The van der Waals surface area contributed by atoms with Gasteiger partial charge in [0.15, 0.2) is 5.69 Å². The Kier molecular flexibility index (Phi) is 5.38. The van der Waals surface area contributed by atoms with E-state index in [0.717, 1.165) is 10.2 Å². The van der Waals surface area contributed by atoms with Gasteiger partial charge in [0.2, 0.25) is 0 Å². The van der Waals surface area contributed by atoms with E-state index in [1.54, 1.807) is 24.3 Å². The second-order valence-electron chi connectivity index (χ2n) is 5.46. The fourth-order valence-corrected chi connectivity index (χ4v) is 2.79. The van der Waals surface area contributed by atoms with Crippen LogP contribution in [0.4, 0.5) is 0 Å². The average Bonchev–Trinajstić information content (AvgIpc) is 2.65. The first-order chi connectivity index (χ1) is 12.6. The SMILES string of the molecule is Cn1nc(C(=O)N/N=C/C(Br)=C/c2ccccc2)c2ccccc2c1=O. The van der Waals surface area contributed by atoms with Crippen LogP contribution in [0.3, 0.4) is 0 Å². The van der Waals surface area contributed by atoms with Crippen molar-refractivity contribution >= 4 is 44.9 Å². The molecule has 2 aromatic carbocycles. The molecule has 0 saturated heterocycles. The molecule has 0 atom stereocenters. The van der Waals surface area contributed by atoms with E-state index in [9.17, 15) is 9.59 Å². The molecule has 1 aromatic heterocycles. The quantitative estimate of drug-likeness (QED) is 0.530. The number of nitrogens with one attached hydrogen (secondary N) is 1. The van der Waals surface area contributed by atoms with Crippen molar-refractivity contribution in [2.45, 2.75) is 0 Å². The molecule has 1 amide bonds. The van der Waals surface area contributed by atoms with Gasteiger partial charge in [-0.1, -0.05) is 48.5 Å². The number of benzene rings is 2. The molecule has 0 aliphatic heterocycles. The minimum atomic E-state index is -0.493. The molecule has 0 radical (unpaired) electrons. The minimum Gasteiger partial charge on any atom is -0.267 e. The van der Waals surface area contributed by atoms with Gasteiger partial charge in [0.25, 0.3) is 11.5 Å². The summed E-state index contributed by atoms with van der Waals surface area (Å²) in [6, 6.07) is 16.6. The first-order valence-corrected chi connectivity index (χ1v) is 8.57. The maximum atomic E-state index is 12.4. The number of nitrogens with zero attached hydrogens (tertiary/aromatic N) is 3. The second-order valence-corrected chi connectivity index (χ2v) is 6.38. The van der Waals surface area contributed by atoms with Crippen molar-refractivity contribution in [2.75, 3.05) is 0 Å². The standard InChI is InChI=1S/C19H15BrN4O2/c1-24-19(26)16-10-6-5-9-15(16)17(23-24)18(25)22-21-12-14(20)11-13-7-3-2-4-8-13/h2-12H,1H3,(H,22,25)/b14-11-,21-12+. The highest BCUT2D eigenvalue weighted by molar-refractivity contribution is 9.12. The maximum absolute atomic E-state index is 12.4. The summed E-state index contributed by atoms with van der Waals surface area (Å²) in [5.74, 6) is -0.493. The van der Waals surface area contributed by atoms with E-state index in [4.69, 9.17) is 0 Å². The summed E-state index contributed by atoms with van der Waals surface area (Å²) in [4.78, 5) is 24.5. The average molecular weight is 411 g/mol. The first kappa shape index (κ1) is 17.8. The van der Waals surface area contributed by atoms with Crippen LogP contribution >= 0.6 is 15.9 Å². The molecule has 0 spiro atoms. The van der Waals surface area contributed by atoms with Crippen molar-refractivity contribution in [1.29, 1.82) is 0 Å². The number of rotatable bonds is 4. The maximum Gasteiger partial charge on any atom is 0.292 e. The van der Waals surface area contributed by atoms with E-state index >= 15 is 0 Å². The highest BCUT2D eigenvalue weighted by Gasteiger charge is 2.14. The van der Waals surface area contributed by atoms with E-state index in [0.29, 0.717) is 15.3 Å². The van der Waals surface area contributed by atoms with Gasteiger partial charge in [-0.2, -0.15) is 10.2 Å². The van der Waals surface area contributed by atoms with Crippen LogP contribution in [0.25, 0.3) is 16.8 Å². The number of hydrazone groups is 1. The van der Waals surface area contributed by atoms with Crippen LogP contribution in [0, 0.1) is 0 Å². The van der Waals surface area contributed by atoms with Crippen LogP contribution in [0.1, 0.15) is 16.1 Å². The molecule has 1 N–H and O–H groups in total. The molecular formula is C19H15BrN4O2. The fourth-order valence-electron chi connectivity index (χ4n) is 2.42. The Bertz CT molecular complexity index is 1070. The zero-order valence-corrected chi connectivity index (χ0v) is 15.5. The number of hydrogen-bond donors (Lipinski definition) is 1. The number of fused-ring (bicyclic) bond motifs is 1. The molecule has 0 aliphatic rings. The summed E-state index contributed by atoms with van der Waals surface area (Å²) in [5.41, 5.74) is 3.33. The Balaban J connectivity index is 1.81. The van der Waals surface area contributed by atoms with Crippen molar-refractivity contribution in [1.82, 2.24) is 15.2 Å². The van der Waals surface area contributed by atoms with E-state index in [-0.39, 0.29) is 11.3 Å². The van der Waals surface area contributed by atoms with Crippen LogP contribution in [0.15, 0.2) is 69.0 Å². The molecule has 0 saturated carbocycles. The Labute approximate surface area is 158 Å². The van der Waals surface area contributed by atoms with Gasteiger partial charge in [-0.25, -0.2) is 10.1 Å². The zero-order chi connectivity index (χ0) is 18.5. The predicted molar refractivity (Wildman–Crippen MR) is 106 cm³/mol. The van der Waals surface area contributed by atoms with Gasteiger partial charge in [0.05, 0.1) is 11.6 Å². The summed E-state index contributed by atoms with van der Waals surface area (Å²) in [7, 11) is 1.51. The molecule has 0 aliphatic carbocycles. The number of hydrogen-bond acceptors (Lipinski definition) is 4. The summed E-state index contributed by atoms with van der Waals surface area (Å²) in [6.07, 6.45) is 3.35. The van der Waals surface area contributed by atoms with Gasteiger partial charge < -0.3 is 0 Å². The van der Waals surface area contributed by atoms with Crippen LogP contribution in [-0.4, -0.2) is 21.9 Å². The zero-order valence-electron chi connectivity index (χ0n) is 13.9. The van der Waals surface area contributed by atoms with Gasteiger partial charge in [-0.3, -0.25) is 9.59 Å². The summed E-state index contributed by atoms with van der Waals surface area (Å²) < 4.78 is 1.84. The number of aryl methyl sites for hydroxylation is 1. The molecule has 0 bridgehead atoms. The van der Waals surface area contributed by atoms with Crippen molar-refractivity contribution in [3.63, 3.8) is 0 Å². The van der Waals surface area contributed by atoms with Gasteiger partial charge in [0, 0.05) is 16.9 Å². The molecule has 7 heteroatoms. The van der Waals surface area contributed by atoms with E-state index in [1.807, 2.05) is 36.4 Å². The van der Waals surface area contributed by atoms with E-state index in [1.165, 1.54) is 13.3 Å². The lowest BCUT2D eigenvalue weighted by atomic mass is 10.1. The van der Waals surface area contributed by atoms with Gasteiger partial charge in [-0.15, -0.1) is 0 Å². The Hall–Kier alpha value is -3.06. The van der Waals surface area contributed by atoms with Crippen LogP contribution in [-0.2, 0) is 7.05 Å². The Morgan fingerprint density at radius 2 is 1.77 bits per heavy atom. The largest absolute Gasteiger partial charge is 0.292 e. The van der Waals surface area contributed by atoms with Gasteiger partial charge in [-0.05, 0) is 33.6 Å². The number of aromatic nitrogens is 2. The third kappa shape index (κ3) is 3.94. The lowest BCUT2D eigenvalue weighted by molar-refractivity contribution is 0.0950. The lowest BCUT2D eigenvalue weighted by Gasteiger charge is -2.06. The van der Waals surface area contributed by atoms with Crippen LogP contribution in [0.2, 0.25) is 0 Å². The summed E-state index contributed by atoms with van der Waals surface area (Å²) in [5, 5.41) is 8.92. The molecule has 3 aromatic rings. The fraction of sp³-hybridized carbons (Fsp3) is 0.0526. The van der Waals surface area contributed by atoms with Gasteiger partial charge in [0.1, 0.15) is 0 Å². The van der Waals surface area contributed by atoms with Crippen molar-refractivity contribution in [3.05, 3.63) is 80.7 Å².